The van der Waals surface area contributed by atoms with Crippen molar-refractivity contribution in [2.24, 2.45) is 0 Å². The van der Waals surface area contributed by atoms with Crippen molar-refractivity contribution in [2.75, 3.05) is 12.3 Å². The van der Waals surface area contributed by atoms with Gasteiger partial charge in [-0.25, -0.2) is 18.1 Å². The summed E-state index contributed by atoms with van der Waals surface area (Å²) in [5.41, 5.74) is 3.99. The van der Waals surface area contributed by atoms with Gasteiger partial charge in [0.25, 0.3) is 0 Å². The largest absolute Gasteiger partial charge is 0.345 e. The maximum Gasteiger partial charge on any atom is 0.211 e. The second-order valence-corrected chi connectivity index (χ2v) is 7.38. The summed E-state index contributed by atoms with van der Waals surface area (Å²) in [6.45, 7) is 0.400. The van der Waals surface area contributed by atoms with Crippen LogP contribution in [0.15, 0.2) is 54.9 Å². The average molecular weight is 329 g/mol. The summed E-state index contributed by atoms with van der Waals surface area (Å²) in [4.78, 5) is 7.22. The number of aromatic nitrogens is 2. The normalized spacial score (nSPS) is 11.8. The van der Waals surface area contributed by atoms with Crippen molar-refractivity contribution in [3.63, 3.8) is 0 Å². The van der Waals surface area contributed by atoms with Gasteiger partial charge in [-0.05, 0) is 36.1 Å². The maximum atomic E-state index is 12.0. The highest BCUT2D eigenvalue weighted by molar-refractivity contribution is 7.89. The fourth-order valence-corrected chi connectivity index (χ4v) is 3.52. The number of nitrogens with one attached hydrogen (secondary N) is 2. The molecule has 0 saturated heterocycles. The second kappa shape index (κ2) is 6.93. The first-order valence-electron chi connectivity index (χ1n) is 7.56. The summed E-state index contributed by atoms with van der Waals surface area (Å²) >= 11 is 0. The Balaban J connectivity index is 1.50. The van der Waals surface area contributed by atoms with Crippen LogP contribution in [0.4, 0.5) is 0 Å². The van der Waals surface area contributed by atoms with Crippen molar-refractivity contribution < 1.29 is 8.42 Å². The standard InChI is InChI=1S/C17H19N3O2S/c21-23(22,11-9-14-4-2-1-3-5-14)20-10-8-15-6-7-16-17(12-15)19-13-18-16/h1-7,12-13,20H,8-11H2,(H,18,19). The second-order valence-electron chi connectivity index (χ2n) is 5.45. The summed E-state index contributed by atoms with van der Waals surface area (Å²) in [7, 11) is -3.25. The Morgan fingerprint density at radius 2 is 1.83 bits per heavy atom. The smallest absolute Gasteiger partial charge is 0.211 e. The number of imidazole rings is 1. The van der Waals surface area contributed by atoms with E-state index in [4.69, 9.17) is 0 Å². The Hall–Kier alpha value is -2.18. The van der Waals surface area contributed by atoms with Crippen molar-refractivity contribution in [3.05, 3.63) is 66.0 Å². The summed E-state index contributed by atoms with van der Waals surface area (Å²) < 4.78 is 26.7. The maximum absolute atomic E-state index is 12.0. The van der Waals surface area contributed by atoms with Crippen LogP contribution in [0, 0.1) is 0 Å². The SMILES string of the molecule is O=S(=O)(CCc1ccccc1)NCCc1ccc2nc[nH]c2c1. The van der Waals surface area contributed by atoms with Crippen LogP contribution in [0.5, 0.6) is 0 Å². The summed E-state index contributed by atoms with van der Waals surface area (Å²) in [6, 6.07) is 15.5. The molecular formula is C17H19N3O2S. The van der Waals surface area contributed by atoms with Crippen molar-refractivity contribution in [2.45, 2.75) is 12.8 Å². The van der Waals surface area contributed by atoms with E-state index in [-0.39, 0.29) is 5.75 Å². The van der Waals surface area contributed by atoms with Gasteiger partial charge in [0, 0.05) is 6.54 Å². The van der Waals surface area contributed by atoms with Crippen molar-refractivity contribution in [1.82, 2.24) is 14.7 Å². The third kappa shape index (κ3) is 4.40. The number of H-pyrrole nitrogens is 1. The monoisotopic (exact) mass is 329 g/mol. The van der Waals surface area contributed by atoms with E-state index in [1.165, 1.54) is 0 Å². The predicted octanol–water partition coefficient (Wildman–Crippen LogP) is 2.27. The molecule has 0 unspecified atom stereocenters. The van der Waals surface area contributed by atoms with Crippen LogP contribution >= 0.6 is 0 Å². The van der Waals surface area contributed by atoms with Gasteiger partial charge >= 0.3 is 0 Å². The number of aryl methyl sites for hydroxylation is 1. The van der Waals surface area contributed by atoms with Gasteiger partial charge in [-0.2, -0.15) is 0 Å². The first-order chi connectivity index (χ1) is 11.1. The van der Waals surface area contributed by atoms with Crippen LogP contribution in [0.2, 0.25) is 0 Å². The lowest BCUT2D eigenvalue weighted by Crippen LogP contribution is -2.29. The molecule has 0 saturated carbocycles. The van der Waals surface area contributed by atoms with E-state index in [1.807, 2.05) is 48.5 Å². The Bertz CT molecular complexity index is 873. The summed E-state index contributed by atoms with van der Waals surface area (Å²) in [5.74, 6) is 0.108. The zero-order valence-corrected chi connectivity index (χ0v) is 13.5. The molecule has 0 spiro atoms. The van der Waals surface area contributed by atoms with Crippen LogP contribution in [-0.2, 0) is 22.9 Å². The molecule has 6 heteroatoms. The Kier molecular flexibility index (Phi) is 4.73. The third-order valence-corrected chi connectivity index (χ3v) is 5.11. The molecule has 3 aromatic rings. The number of rotatable bonds is 7. The van der Waals surface area contributed by atoms with Gasteiger partial charge in [0.15, 0.2) is 0 Å². The first-order valence-corrected chi connectivity index (χ1v) is 9.21. The van der Waals surface area contributed by atoms with Crippen molar-refractivity contribution in [3.8, 4) is 0 Å². The van der Waals surface area contributed by atoms with Gasteiger partial charge in [-0.15, -0.1) is 0 Å². The fourth-order valence-electron chi connectivity index (χ4n) is 2.46. The van der Waals surface area contributed by atoms with E-state index in [2.05, 4.69) is 14.7 Å². The number of hydrogen-bond donors (Lipinski definition) is 2. The minimum absolute atomic E-state index is 0.108. The molecule has 1 aromatic heterocycles. The van der Waals surface area contributed by atoms with Gasteiger partial charge in [0.2, 0.25) is 10.0 Å². The van der Waals surface area contributed by atoms with E-state index in [0.29, 0.717) is 19.4 Å². The number of hydrogen-bond acceptors (Lipinski definition) is 3. The van der Waals surface area contributed by atoms with Crippen molar-refractivity contribution >= 4 is 21.1 Å². The number of benzene rings is 2. The highest BCUT2D eigenvalue weighted by Crippen LogP contribution is 2.11. The molecule has 2 aromatic carbocycles. The molecule has 0 aliphatic rings. The lowest BCUT2D eigenvalue weighted by molar-refractivity contribution is 0.581. The van der Waals surface area contributed by atoms with Crippen LogP contribution in [-0.4, -0.2) is 30.7 Å². The Labute approximate surface area is 135 Å². The lowest BCUT2D eigenvalue weighted by atomic mass is 10.1. The fraction of sp³-hybridized carbons (Fsp3) is 0.235. The highest BCUT2D eigenvalue weighted by Gasteiger charge is 2.10. The number of aromatic amines is 1. The molecule has 2 N–H and O–H groups in total. The number of fused-ring (bicyclic) bond motifs is 1. The van der Waals surface area contributed by atoms with Gasteiger partial charge in [0.05, 0.1) is 23.1 Å². The summed E-state index contributed by atoms with van der Waals surface area (Å²) in [6.07, 6.45) is 2.83. The molecule has 23 heavy (non-hydrogen) atoms. The Morgan fingerprint density at radius 3 is 2.65 bits per heavy atom. The first kappa shape index (κ1) is 15.7. The van der Waals surface area contributed by atoms with E-state index in [1.54, 1.807) is 6.33 Å². The molecule has 0 atom stereocenters. The Morgan fingerprint density at radius 1 is 1.00 bits per heavy atom. The topological polar surface area (TPSA) is 74.8 Å². The van der Waals surface area contributed by atoms with E-state index >= 15 is 0 Å². The van der Waals surface area contributed by atoms with E-state index in [0.717, 1.165) is 22.2 Å². The minimum atomic E-state index is -3.25. The molecule has 0 fully saturated rings. The molecule has 0 radical (unpaired) electrons. The molecule has 0 aliphatic carbocycles. The molecule has 5 nitrogen and oxygen atoms in total. The molecule has 0 aliphatic heterocycles. The van der Waals surface area contributed by atoms with Gasteiger partial charge < -0.3 is 4.98 Å². The van der Waals surface area contributed by atoms with Crippen LogP contribution in [0.1, 0.15) is 11.1 Å². The zero-order chi connectivity index (χ0) is 16.1. The van der Waals surface area contributed by atoms with E-state index < -0.39 is 10.0 Å². The van der Waals surface area contributed by atoms with Crippen LogP contribution in [0.25, 0.3) is 11.0 Å². The predicted molar refractivity (Wildman–Crippen MR) is 91.7 cm³/mol. The van der Waals surface area contributed by atoms with Gasteiger partial charge in [-0.3, -0.25) is 0 Å². The highest BCUT2D eigenvalue weighted by atomic mass is 32.2. The molecule has 1 heterocycles. The molecule has 120 valence electrons. The number of sulfonamides is 1. The summed E-state index contributed by atoms with van der Waals surface area (Å²) in [5, 5.41) is 0. The number of nitrogens with zero attached hydrogens (tertiary/aromatic N) is 1. The average Bonchev–Trinajstić information content (AvgIpc) is 3.02. The molecular weight excluding hydrogens is 310 g/mol. The quantitative estimate of drug-likeness (QED) is 0.698. The molecule has 0 bridgehead atoms. The molecule has 0 amide bonds. The van der Waals surface area contributed by atoms with Gasteiger partial charge in [-0.1, -0.05) is 36.4 Å². The van der Waals surface area contributed by atoms with E-state index in [9.17, 15) is 8.42 Å². The van der Waals surface area contributed by atoms with Crippen LogP contribution in [0.3, 0.4) is 0 Å². The third-order valence-electron chi connectivity index (χ3n) is 3.72. The minimum Gasteiger partial charge on any atom is -0.345 e. The lowest BCUT2D eigenvalue weighted by Gasteiger charge is -2.07. The zero-order valence-electron chi connectivity index (χ0n) is 12.7. The van der Waals surface area contributed by atoms with Gasteiger partial charge in [0.1, 0.15) is 0 Å². The van der Waals surface area contributed by atoms with Crippen molar-refractivity contribution in [1.29, 1.82) is 0 Å². The molecule has 3 rings (SSSR count). The van der Waals surface area contributed by atoms with Crippen LogP contribution < -0.4 is 4.72 Å².